The van der Waals surface area contributed by atoms with Gasteiger partial charge in [0.05, 0.1) is 11.0 Å². The minimum absolute atomic E-state index is 0.523. The zero-order valence-electron chi connectivity index (χ0n) is 27.4. The molecule has 0 saturated heterocycles. The third-order valence-corrected chi connectivity index (χ3v) is 13.0. The molecule has 5 nitrogen and oxygen atoms in total. The lowest BCUT2D eigenvalue weighted by Crippen LogP contribution is -2.20. The van der Waals surface area contributed by atoms with Gasteiger partial charge in [0.2, 0.25) is 5.95 Å². The summed E-state index contributed by atoms with van der Waals surface area (Å²) in [5.74, 6) is 1.70. The van der Waals surface area contributed by atoms with Crippen molar-refractivity contribution < 1.29 is 4.57 Å². The predicted octanol–water partition coefficient (Wildman–Crippen LogP) is 9.59. The van der Waals surface area contributed by atoms with Gasteiger partial charge in [0.15, 0.2) is 18.8 Å². The van der Waals surface area contributed by atoms with Crippen LogP contribution in [0.1, 0.15) is 0 Å². The maximum Gasteiger partial charge on any atom is 0.238 e. The summed E-state index contributed by atoms with van der Waals surface area (Å²) >= 11 is 0. The Morgan fingerprint density at radius 2 is 0.961 bits per heavy atom. The lowest BCUT2D eigenvalue weighted by atomic mass is 10.0. The molecule has 0 N–H and O–H groups in total. The molecular weight excluding hydrogens is 643 g/mol. The fourth-order valence-electron chi connectivity index (χ4n) is 7.47. The van der Waals surface area contributed by atoms with Gasteiger partial charge in [-0.2, -0.15) is 9.97 Å². The summed E-state index contributed by atoms with van der Waals surface area (Å²) < 4.78 is 17.5. The summed E-state index contributed by atoms with van der Waals surface area (Å²) in [5, 5.41) is 4.63. The fourth-order valence-corrected chi connectivity index (χ4v) is 10.5. The average Bonchev–Trinajstić information content (AvgIpc) is 3.67. The van der Waals surface area contributed by atoms with E-state index in [1.165, 1.54) is 0 Å². The van der Waals surface area contributed by atoms with E-state index >= 15 is 4.57 Å². The molecule has 10 rings (SSSR count). The van der Waals surface area contributed by atoms with E-state index in [-0.39, 0.29) is 0 Å². The van der Waals surface area contributed by atoms with Crippen molar-refractivity contribution in [2.75, 3.05) is 0 Å². The maximum atomic E-state index is 15.4. The second-order valence-electron chi connectivity index (χ2n) is 12.8. The van der Waals surface area contributed by atoms with Gasteiger partial charge in [0.25, 0.3) is 0 Å². The Balaban J connectivity index is 1.23. The number of hydrogen-bond donors (Lipinski definition) is 0. The van der Waals surface area contributed by atoms with E-state index in [4.69, 9.17) is 15.0 Å². The highest BCUT2D eigenvalue weighted by Gasteiger charge is 2.40. The molecule has 0 aliphatic carbocycles. The molecule has 1 unspecified atom stereocenters. The Morgan fingerprint density at radius 1 is 0.412 bits per heavy atom. The monoisotopic (exact) mass is 672 g/mol. The molecule has 0 fully saturated rings. The second-order valence-corrected chi connectivity index (χ2v) is 15.5. The summed E-state index contributed by atoms with van der Waals surface area (Å²) in [5.41, 5.74) is 7.97. The van der Waals surface area contributed by atoms with Crippen molar-refractivity contribution in [2.45, 2.75) is 0 Å². The number of benzene rings is 7. The molecule has 51 heavy (non-hydrogen) atoms. The molecular formula is C45H29N4OP. The van der Waals surface area contributed by atoms with Crippen molar-refractivity contribution in [3.63, 3.8) is 0 Å². The van der Waals surface area contributed by atoms with E-state index in [0.29, 0.717) is 17.6 Å². The number of fused-ring (bicyclic) bond motifs is 6. The van der Waals surface area contributed by atoms with Crippen molar-refractivity contribution in [3.05, 3.63) is 176 Å². The highest BCUT2D eigenvalue weighted by molar-refractivity contribution is 7.86. The van der Waals surface area contributed by atoms with Crippen molar-refractivity contribution in [3.8, 4) is 51.0 Å². The molecule has 7 aromatic carbocycles. The summed E-state index contributed by atoms with van der Waals surface area (Å²) in [7, 11) is -3.12. The Labute approximate surface area is 294 Å². The van der Waals surface area contributed by atoms with Gasteiger partial charge >= 0.3 is 0 Å². The van der Waals surface area contributed by atoms with E-state index in [9.17, 15) is 0 Å². The van der Waals surface area contributed by atoms with E-state index in [1.807, 2.05) is 109 Å². The number of nitrogens with zero attached hydrogens (tertiary/aromatic N) is 4. The minimum Gasteiger partial charge on any atom is -0.309 e. The van der Waals surface area contributed by atoms with Gasteiger partial charge in [-0.05, 0) is 40.5 Å². The molecule has 1 atom stereocenters. The van der Waals surface area contributed by atoms with Gasteiger partial charge in [-0.1, -0.05) is 158 Å². The van der Waals surface area contributed by atoms with E-state index in [0.717, 1.165) is 71.1 Å². The molecule has 0 bridgehead atoms. The summed E-state index contributed by atoms with van der Waals surface area (Å²) in [4.78, 5) is 15.3. The molecule has 0 saturated carbocycles. The number of para-hydroxylation sites is 1. The summed E-state index contributed by atoms with van der Waals surface area (Å²) in [6, 6.07) is 59.4. The van der Waals surface area contributed by atoms with Crippen LogP contribution >= 0.6 is 7.14 Å². The molecule has 0 spiro atoms. The molecule has 1 aliphatic rings. The lowest BCUT2D eigenvalue weighted by Gasteiger charge is -2.16. The van der Waals surface area contributed by atoms with Crippen LogP contribution in [0, 0.1) is 0 Å². The number of rotatable bonds is 5. The maximum absolute atomic E-state index is 15.4. The summed E-state index contributed by atoms with van der Waals surface area (Å²) in [6.07, 6.45) is 0. The Kier molecular flexibility index (Phi) is 6.70. The normalized spacial score (nSPS) is 14.8. The zero-order chi connectivity index (χ0) is 33.9. The van der Waals surface area contributed by atoms with Crippen LogP contribution in [0.15, 0.2) is 176 Å². The molecule has 2 aromatic heterocycles. The van der Waals surface area contributed by atoms with Crippen molar-refractivity contribution >= 4 is 44.9 Å². The van der Waals surface area contributed by atoms with Gasteiger partial charge in [0, 0.05) is 37.8 Å². The lowest BCUT2D eigenvalue weighted by molar-refractivity contribution is 0.593. The van der Waals surface area contributed by atoms with Crippen molar-refractivity contribution in [1.82, 2.24) is 19.5 Å². The van der Waals surface area contributed by atoms with Crippen LogP contribution in [-0.2, 0) is 4.57 Å². The van der Waals surface area contributed by atoms with Gasteiger partial charge in [0.1, 0.15) is 0 Å². The standard InChI is InChI=1S/C45H29N4OP/c50-51(34-18-8-3-9-19-34)41-23-13-11-21-36(41)38-28-40-37(29-42(38)51)35-20-10-12-22-39(35)49(40)45-47-43(32-16-6-2-7-17-32)46-44(48-45)33-26-24-31(25-27-33)30-14-4-1-5-15-30/h1-29H. The van der Waals surface area contributed by atoms with Crippen molar-refractivity contribution in [1.29, 1.82) is 0 Å². The molecule has 0 radical (unpaired) electrons. The molecule has 240 valence electrons. The topological polar surface area (TPSA) is 60.7 Å². The van der Waals surface area contributed by atoms with E-state index in [1.54, 1.807) is 0 Å². The first-order valence-corrected chi connectivity index (χ1v) is 18.7. The van der Waals surface area contributed by atoms with Crippen LogP contribution in [0.2, 0.25) is 0 Å². The average molecular weight is 673 g/mol. The number of aromatic nitrogens is 4. The molecule has 3 heterocycles. The first-order chi connectivity index (χ1) is 25.2. The zero-order valence-corrected chi connectivity index (χ0v) is 28.3. The Bertz CT molecular complexity index is 2810. The molecule has 9 aromatic rings. The summed E-state index contributed by atoms with van der Waals surface area (Å²) in [6.45, 7) is 0. The predicted molar refractivity (Wildman–Crippen MR) is 209 cm³/mol. The first kappa shape index (κ1) is 29.5. The van der Waals surface area contributed by atoms with Crippen LogP contribution in [0.3, 0.4) is 0 Å². The van der Waals surface area contributed by atoms with Gasteiger partial charge < -0.3 is 4.57 Å². The van der Waals surface area contributed by atoms with E-state index in [2.05, 4.69) is 71.3 Å². The SMILES string of the molecule is O=P1(c2ccccc2)c2ccccc2-c2cc3c(cc21)c1ccccc1n3-c1nc(-c2ccccc2)nc(-c2ccc(-c3ccccc3)cc2)n1. The number of hydrogen-bond acceptors (Lipinski definition) is 4. The Hall–Kier alpha value is -6.42. The Morgan fingerprint density at radius 3 is 1.69 bits per heavy atom. The molecule has 0 amide bonds. The highest BCUT2D eigenvalue weighted by Crippen LogP contribution is 2.53. The van der Waals surface area contributed by atoms with Crippen LogP contribution in [-0.4, -0.2) is 19.5 Å². The van der Waals surface area contributed by atoms with Crippen LogP contribution < -0.4 is 15.9 Å². The largest absolute Gasteiger partial charge is 0.309 e. The first-order valence-electron chi connectivity index (χ1n) is 17.0. The van der Waals surface area contributed by atoms with Gasteiger partial charge in [-0.3, -0.25) is 4.57 Å². The third kappa shape index (κ3) is 4.63. The highest BCUT2D eigenvalue weighted by atomic mass is 31.2. The van der Waals surface area contributed by atoms with Crippen LogP contribution in [0.25, 0.3) is 72.8 Å². The van der Waals surface area contributed by atoms with Crippen LogP contribution in [0.5, 0.6) is 0 Å². The van der Waals surface area contributed by atoms with E-state index < -0.39 is 7.14 Å². The molecule has 6 heteroatoms. The van der Waals surface area contributed by atoms with Crippen LogP contribution in [0.4, 0.5) is 0 Å². The van der Waals surface area contributed by atoms with Gasteiger partial charge in [-0.25, -0.2) is 4.98 Å². The smallest absolute Gasteiger partial charge is 0.238 e. The molecule has 1 aliphatic heterocycles. The fraction of sp³-hybridized carbons (Fsp3) is 0. The van der Waals surface area contributed by atoms with Crippen molar-refractivity contribution in [2.24, 2.45) is 0 Å². The quantitative estimate of drug-likeness (QED) is 0.171. The second kappa shape index (κ2) is 11.6. The minimum atomic E-state index is -3.12. The third-order valence-electron chi connectivity index (χ3n) is 9.89. The van der Waals surface area contributed by atoms with Gasteiger partial charge in [-0.15, -0.1) is 0 Å².